The molecule has 2 aromatic carbocycles. The van der Waals surface area contributed by atoms with Gasteiger partial charge in [-0.25, -0.2) is 0 Å². The van der Waals surface area contributed by atoms with Crippen LogP contribution in [0.3, 0.4) is 0 Å². The molecule has 0 saturated carbocycles. The highest BCUT2D eigenvalue weighted by molar-refractivity contribution is 6.31. The Balaban J connectivity index is 1.43. The average molecular weight is 435 g/mol. The molecule has 0 spiro atoms. The molecule has 31 heavy (non-hydrogen) atoms. The Kier molecular flexibility index (Phi) is 7.00. The van der Waals surface area contributed by atoms with E-state index in [1.54, 1.807) is 6.20 Å². The maximum atomic E-state index is 13.3. The predicted octanol–water partition coefficient (Wildman–Crippen LogP) is 5.10. The first-order chi connectivity index (χ1) is 15.2. The molecule has 1 saturated heterocycles. The fourth-order valence-corrected chi connectivity index (χ4v) is 4.42. The molecular formula is C26H27ClN2O2. The quantitative estimate of drug-likeness (QED) is 0.562. The lowest BCUT2D eigenvalue weighted by Crippen LogP contribution is -2.46. The van der Waals surface area contributed by atoms with Gasteiger partial charge < -0.3 is 10.1 Å². The number of rotatable bonds is 7. The molecule has 4 nitrogen and oxygen atoms in total. The van der Waals surface area contributed by atoms with E-state index < -0.39 is 5.41 Å². The normalized spacial score (nSPS) is 15.4. The molecule has 2 heterocycles. The van der Waals surface area contributed by atoms with E-state index >= 15 is 0 Å². The Hall–Kier alpha value is -2.69. The highest BCUT2D eigenvalue weighted by Gasteiger charge is 2.39. The summed E-state index contributed by atoms with van der Waals surface area (Å²) in [6, 6.07) is 20.2. The fourth-order valence-electron chi connectivity index (χ4n) is 4.18. The number of hydrogen-bond acceptors (Lipinski definition) is 3. The van der Waals surface area contributed by atoms with Crippen molar-refractivity contribution in [3.63, 3.8) is 0 Å². The summed E-state index contributed by atoms with van der Waals surface area (Å²) in [5, 5.41) is 3.91. The van der Waals surface area contributed by atoms with Crippen LogP contribution in [0.25, 0.3) is 11.1 Å². The number of halogens is 1. The Labute approximate surface area is 188 Å². The number of pyridine rings is 1. The largest absolute Gasteiger partial charge is 0.381 e. The van der Waals surface area contributed by atoms with Gasteiger partial charge in [-0.05, 0) is 60.1 Å². The van der Waals surface area contributed by atoms with E-state index in [2.05, 4.69) is 40.6 Å². The van der Waals surface area contributed by atoms with Crippen LogP contribution in [0, 0.1) is 5.41 Å². The van der Waals surface area contributed by atoms with Gasteiger partial charge in [-0.3, -0.25) is 9.78 Å². The number of aromatic nitrogens is 1. The van der Waals surface area contributed by atoms with E-state index in [9.17, 15) is 4.79 Å². The lowest BCUT2D eigenvalue weighted by molar-refractivity contribution is -0.136. The van der Waals surface area contributed by atoms with Crippen LogP contribution in [0.5, 0.6) is 0 Å². The van der Waals surface area contributed by atoms with Crippen LogP contribution in [0.4, 0.5) is 0 Å². The van der Waals surface area contributed by atoms with Gasteiger partial charge in [-0.2, -0.15) is 0 Å². The molecule has 3 aromatic rings. The Morgan fingerprint density at radius 1 is 1.00 bits per heavy atom. The number of amides is 1. The summed E-state index contributed by atoms with van der Waals surface area (Å²) in [4.78, 5) is 17.5. The number of benzene rings is 2. The Bertz CT molecular complexity index is 999. The van der Waals surface area contributed by atoms with Crippen molar-refractivity contribution in [2.75, 3.05) is 19.8 Å². The van der Waals surface area contributed by atoms with Gasteiger partial charge in [0, 0.05) is 37.2 Å². The third kappa shape index (κ3) is 5.33. The third-order valence-electron chi connectivity index (χ3n) is 6.06. The number of nitrogens with one attached hydrogen (secondary N) is 1. The Morgan fingerprint density at radius 3 is 2.48 bits per heavy atom. The lowest BCUT2D eigenvalue weighted by atomic mass is 9.74. The molecule has 0 atom stereocenters. The zero-order valence-electron chi connectivity index (χ0n) is 17.5. The predicted molar refractivity (Wildman–Crippen MR) is 124 cm³/mol. The van der Waals surface area contributed by atoms with Crippen LogP contribution >= 0.6 is 11.6 Å². The van der Waals surface area contributed by atoms with Gasteiger partial charge in [0.15, 0.2) is 0 Å². The standard InChI is InChI=1S/C26H27ClN2O2/c27-24-6-2-1-4-22(24)11-15-29-25(30)26(12-16-31-17-13-26)18-20-7-9-21(10-8-20)23-5-3-14-28-19-23/h1-10,14,19H,11-13,15-18H2,(H,29,30). The highest BCUT2D eigenvalue weighted by Crippen LogP contribution is 2.35. The van der Waals surface area contributed by atoms with Crippen LogP contribution in [0.15, 0.2) is 73.1 Å². The summed E-state index contributed by atoms with van der Waals surface area (Å²) in [5.74, 6) is 0.110. The van der Waals surface area contributed by atoms with Gasteiger partial charge in [-0.15, -0.1) is 0 Å². The van der Waals surface area contributed by atoms with Crippen molar-refractivity contribution in [3.8, 4) is 11.1 Å². The second kappa shape index (κ2) is 10.1. The summed E-state index contributed by atoms with van der Waals surface area (Å²) in [7, 11) is 0. The minimum absolute atomic E-state index is 0.110. The molecule has 0 unspecified atom stereocenters. The summed E-state index contributed by atoms with van der Waals surface area (Å²) in [6.45, 7) is 1.81. The van der Waals surface area contributed by atoms with Crippen molar-refractivity contribution in [2.45, 2.75) is 25.7 Å². The van der Waals surface area contributed by atoms with Crippen LogP contribution in [-0.2, 0) is 22.4 Å². The first-order valence-electron chi connectivity index (χ1n) is 10.8. The van der Waals surface area contributed by atoms with E-state index in [0.29, 0.717) is 26.2 Å². The second-order valence-corrected chi connectivity index (χ2v) is 8.51. The first kappa shape index (κ1) is 21.5. The van der Waals surface area contributed by atoms with Crippen molar-refractivity contribution in [1.29, 1.82) is 0 Å². The van der Waals surface area contributed by atoms with Crippen LogP contribution in [-0.4, -0.2) is 30.6 Å². The van der Waals surface area contributed by atoms with Crippen molar-refractivity contribution in [2.24, 2.45) is 5.41 Å². The van der Waals surface area contributed by atoms with Gasteiger partial charge in [-0.1, -0.05) is 60.1 Å². The molecular weight excluding hydrogens is 408 g/mol. The summed E-state index contributed by atoms with van der Waals surface area (Å²) < 4.78 is 5.57. The Morgan fingerprint density at radius 2 is 1.77 bits per heavy atom. The summed E-state index contributed by atoms with van der Waals surface area (Å²) >= 11 is 6.25. The fraction of sp³-hybridized carbons (Fsp3) is 0.308. The van der Waals surface area contributed by atoms with Gasteiger partial charge in [0.2, 0.25) is 5.91 Å². The summed E-state index contributed by atoms with van der Waals surface area (Å²) in [6.07, 6.45) is 6.53. The van der Waals surface area contributed by atoms with E-state index in [1.807, 2.05) is 36.5 Å². The van der Waals surface area contributed by atoms with Crippen molar-refractivity contribution >= 4 is 17.5 Å². The van der Waals surface area contributed by atoms with E-state index in [0.717, 1.165) is 46.5 Å². The molecule has 1 amide bonds. The molecule has 1 N–H and O–H groups in total. The van der Waals surface area contributed by atoms with E-state index in [-0.39, 0.29) is 5.91 Å². The molecule has 160 valence electrons. The second-order valence-electron chi connectivity index (χ2n) is 8.11. The van der Waals surface area contributed by atoms with Crippen molar-refractivity contribution < 1.29 is 9.53 Å². The number of nitrogens with zero attached hydrogens (tertiary/aromatic N) is 1. The average Bonchev–Trinajstić information content (AvgIpc) is 2.82. The zero-order chi connectivity index (χ0) is 21.5. The molecule has 0 aliphatic carbocycles. The summed E-state index contributed by atoms with van der Waals surface area (Å²) in [5.41, 5.74) is 4.00. The number of ether oxygens (including phenoxy) is 1. The third-order valence-corrected chi connectivity index (χ3v) is 6.43. The minimum Gasteiger partial charge on any atom is -0.381 e. The molecule has 5 heteroatoms. The SMILES string of the molecule is O=C(NCCc1ccccc1Cl)C1(Cc2ccc(-c3cccnc3)cc2)CCOCC1. The van der Waals surface area contributed by atoms with Crippen molar-refractivity contribution in [1.82, 2.24) is 10.3 Å². The number of hydrogen-bond donors (Lipinski definition) is 1. The van der Waals surface area contributed by atoms with Crippen LogP contribution in [0.2, 0.25) is 5.02 Å². The maximum Gasteiger partial charge on any atom is 0.226 e. The molecule has 1 aromatic heterocycles. The topological polar surface area (TPSA) is 51.2 Å². The van der Waals surface area contributed by atoms with Crippen LogP contribution < -0.4 is 5.32 Å². The minimum atomic E-state index is -0.436. The van der Waals surface area contributed by atoms with Gasteiger partial charge in [0.1, 0.15) is 0 Å². The van der Waals surface area contributed by atoms with Crippen molar-refractivity contribution in [3.05, 3.63) is 89.2 Å². The molecule has 1 aliphatic heterocycles. The molecule has 0 bridgehead atoms. The molecule has 4 rings (SSSR count). The lowest BCUT2D eigenvalue weighted by Gasteiger charge is -2.36. The molecule has 0 radical (unpaired) electrons. The first-order valence-corrected chi connectivity index (χ1v) is 11.1. The molecule has 1 aliphatic rings. The van der Waals surface area contributed by atoms with Gasteiger partial charge in [0.05, 0.1) is 5.41 Å². The zero-order valence-corrected chi connectivity index (χ0v) is 18.3. The van der Waals surface area contributed by atoms with Gasteiger partial charge >= 0.3 is 0 Å². The van der Waals surface area contributed by atoms with E-state index in [4.69, 9.17) is 16.3 Å². The number of carbonyl (C=O) groups excluding carboxylic acids is 1. The smallest absolute Gasteiger partial charge is 0.226 e. The molecule has 1 fully saturated rings. The van der Waals surface area contributed by atoms with E-state index in [1.165, 1.54) is 0 Å². The number of carbonyl (C=O) groups is 1. The van der Waals surface area contributed by atoms with Crippen LogP contribution in [0.1, 0.15) is 24.0 Å². The maximum absolute atomic E-state index is 13.3. The highest BCUT2D eigenvalue weighted by atomic mass is 35.5. The van der Waals surface area contributed by atoms with Gasteiger partial charge in [0.25, 0.3) is 0 Å². The monoisotopic (exact) mass is 434 g/mol.